The highest BCUT2D eigenvalue weighted by atomic mass is 16.6. The smallest absolute Gasteiger partial charge is 0.407 e. The summed E-state index contributed by atoms with van der Waals surface area (Å²) in [6.45, 7) is 7.09. The number of carbonyl (C=O) groups is 2. The zero-order chi connectivity index (χ0) is 16.9. The van der Waals surface area contributed by atoms with Crippen LogP contribution in [-0.2, 0) is 4.74 Å². The number of hydrogen-bond donors (Lipinski definition) is 1. The van der Waals surface area contributed by atoms with Crippen LogP contribution in [0.2, 0.25) is 0 Å². The van der Waals surface area contributed by atoms with Crippen LogP contribution in [0, 0.1) is 0 Å². The highest BCUT2D eigenvalue weighted by Crippen LogP contribution is 2.17. The summed E-state index contributed by atoms with van der Waals surface area (Å²) >= 11 is 0. The molecule has 1 aliphatic rings. The predicted molar refractivity (Wildman–Crippen MR) is 85.2 cm³/mol. The largest absolute Gasteiger partial charge is 0.444 e. The number of carbonyl (C=O) groups excluding carboxylic acids is 2. The Morgan fingerprint density at radius 2 is 2.17 bits per heavy atom. The van der Waals surface area contributed by atoms with Crippen molar-refractivity contribution in [1.29, 1.82) is 0 Å². The molecule has 0 unspecified atom stereocenters. The van der Waals surface area contributed by atoms with Gasteiger partial charge in [0.15, 0.2) is 5.78 Å². The van der Waals surface area contributed by atoms with Crippen LogP contribution in [0.4, 0.5) is 4.79 Å². The molecule has 0 aliphatic carbocycles. The summed E-state index contributed by atoms with van der Waals surface area (Å²) < 4.78 is 5.23. The Bertz CT molecular complexity index is 542. The summed E-state index contributed by atoms with van der Waals surface area (Å²) in [4.78, 5) is 34.0. The molecule has 0 spiro atoms. The van der Waals surface area contributed by atoms with Gasteiger partial charge in [-0.25, -0.2) is 9.78 Å². The van der Waals surface area contributed by atoms with Crippen molar-refractivity contribution in [2.75, 3.05) is 19.6 Å². The molecule has 1 N–H and O–H groups in total. The summed E-state index contributed by atoms with van der Waals surface area (Å²) in [7, 11) is 0. The molecule has 1 atom stereocenters. The van der Waals surface area contributed by atoms with Crippen molar-refractivity contribution >= 4 is 11.9 Å². The number of likely N-dealkylation sites (tertiary alicyclic amines) is 1. The number of alkyl carbamates (subject to hydrolysis) is 1. The lowest BCUT2D eigenvalue weighted by Gasteiger charge is -2.25. The van der Waals surface area contributed by atoms with Crippen molar-refractivity contribution in [3.8, 4) is 0 Å². The minimum atomic E-state index is -0.513. The lowest BCUT2D eigenvalue weighted by Crippen LogP contribution is -2.43. The highest BCUT2D eigenvalue weighted by Gasteiger charge is 2.27. The third-order valence-electron chi connectivity index (χ3n) is 3.58. The van der Waals surface area contributed by atoms with Gasteiger partial charge in [-0.1, -0.05) is 0 Å². The second-order valence-electron chi connectivity index (χ2n) is 6.66. The lowest BCUT2D eigenvalue weighted by molar-refractivity contribution is 0.0514. The van der Waals surface area contributed by atoms with Crippen molar-refractivity contribution in [3.63, 3.8) is 0 Å². The molecule has 1 aromatic heterocycles. The quantitative estimate of drug-likeness (QED) is 0.830. The maximum atomic E-state index is 12.2. The van der Waals surface area contributed by atoms with Crippen LogP contribution in [0.3, 0.4) is 0 Å². The minimum absolute atomic E-state index is 0.0535. The Morgan fingerprint density at radius 3 is 2.83 bits per heavy atom. The summed E-state index contributed by atoms with van der Waals surface area (Å²) in [5.41, 5.74) is -0.139. The van der Waals surface area contributed by atoms with Gasteiger partial charge in [0.1, 0.15) is 11.3 Å². The number of ketones is 1. The number of nitrogens with one attached hydrogen (secondary N) is 1. The van der Waals surface area contributed by atoms with Crippen molar-refractivity contribution in [2.24, 2.45) is 0 Å². The van der Waals surface area contributed by atoms with Crippen molar-refractivity contribution in [2.45, 2.75) is 45.3 Å². The molecule has 0 saturated carbocycles. The first-order chi connectivity index (χ1) is 10.8. The topological polar surface area (TPSA) is 84.4 Å². The number of amides is 1. The van der Waals surface area contributed by atoms with Crippen molar-refractivity contribution in [3.05, 3.63) is 24.3 Å². The maximum absolute atomic E-state index is 12.2. The molecule has 0 bridgehead atoms. The molecular weight excluding hydrogens is 296 g/mol. The first-order valence-electron chi connectivity index (χ1n) is 7.85. The van der Waals surface area contributed by atoms with E-state index in [0.29, 0.717) is 18.8 Å². The van der Waals surface area contributed by atoms with Gasteiger partial charge in [-0.2, -0.15) is 0 Å². The van der Waals surface area contributed by atoms with Gasteiger partial charge < -0.3 is 10.1 Å². The van der Waals surface area contributed by atoms with Crippen LogP contribution < -0.4 is 5.32 Å². The van der Waals surface area contributed by atoms with E-state index in [4.69, 9.17) is 4.74 Å². The van der Waals surface area contributed by atoms with Gasteiger partial charge in [0, 0.05) is 25.0 Å². The van der Waals surface area contributed by atoms with E-state index in [1.54, 1.807) is 6.20 Å². The van der Waals surface area contributed by atoms with Crippen LogP contribution in [-0.4, -0.2) is 58.0 Å². The second kappa shape index (κ2) is 7.50. The first-order valence-corrected chi connectivity index (χ1v) is 7.85. The molecule has 1 saturated heterocycles. The Morgan fingerprint density at radius 1 is 1.39 bits per heavy atom. The highest BCUT2D eigenvalue weighted by molar-refractivity contribution is 5.95. The van der Waals surface area contributed by atoms with E-state index < -0.39 is 11.7 Å². The fourth-order valence-electron chi connectivity index (χ4n) is 2.56. The van der Waals surface area contributed by atoms with Crippen LogP contribution >= 0.6 is 0 Å². The van der Waals surface area contributed by atoms with Gasteiger partial charge in [0.2, 0.25) is 0 Å². The zero-order valence-electron chi connectivity index (χ0n) is 13.9. The predicted octanol–water partition coefficient (Wildman–Crippen LogP) is 1.65. The number of hydrogen-bond acceptors (Lipinski definition) is 6. The molecule has 0 aromatic carbocycles. The van der Waals surface area contributed by atoms with E-state index in [2.05, 4.69) is 20.2 Å². The van der Waals surface area contributed by atoms with E-state index in [0.717, 1.165) is 19.4 Å². The fraction of sp³-hybridized carbons (Fsp3) is 0.625. The van der Waals surface area contributed by atoms with Crippen LogP contribution in [0.15, 0.2) is 18.6 Å². The van der Waals surface area contributed by atoms with Gasteiger partial charge in [-0.05, 0) is 40.2 Å². The molecule has 0 radical (unpaired) electrons. The molecule has 1 amide bonds. The molecule has 23 heavy (non-hydrogen) atoms. The van der Waals surface area contributed by atoms with Gasteiger partial charge in [-0.3, -0.25) is 14.7 Å². The van der Waals surface area contributed by atoms with E-state index in [-0.39, 0.29) is 11.8 Å². The van der Waals surface area contributed by atoms with Gasteiger partial charge in [0.05, 0.1) is 12.7 Å². The lowest BCUT2D eigenvalue weighted by atomic mass is 10.2. The third-order valence-corrected chi connectivity index (χ3v) is 3.58. The van der Waals surface area contributed by atoms with Gasteiger partial charge in [0.25, 0.3) is 0 Å². The number of aromatic nitrogens is 2. The Balaban J connectivity index is 1.83. The number of rotatable bonds is 5. The fourth-order valence-corrected chi connectivity index (χ4v) is 2.56. The van der Waals surface area contributed by atoms with Crippen LogP contribution in [0.5, 0.6) is 0 Å². The van der Waals surface area contributed by atoms with Crippen LogP contribution in [0.1, 0.15) is 44.1 Å². The second-order valence-corrected chi connectivity index (χ2v) is 6.66. The van der Waals surface area contributed by atoms with E-state index in [9.17, 15) is 9.59 Å². The third kappa shape index (κ3) is 5.59. The number of nitrogens with zero attached hydrogens (tertiary/aromatic N) is 3. The Hall–Kier alpha value is -2.02. The molecular formula is C16H24N4O3. The maximum Gasteiger partial charge on any atom is 0.407 e. The average molecular weight is 320 g/mol. The molecule has 7 nitrogen and oxygen atoms in total. The van der Waals surface area contributed by atoms with Crippen molar-refractivity contribution < 1.29 is 14.3 Å². The van der Waals surface area contributed by atoms with Gasteiger partial charge in [-0.15, -0.1) is 0 Å². The normalized spacial score (nSPS) is 18.7. The standard InChI is InChI=1S/C16H24N4O3/c1-16(2,3)23-15(22)19-9-12-5-4-8-20(12)11-14(21)13-10-17-6-7-18-13/h6-7,10,12H,4-5,8-9,11H2,1-3H3,(H,19,22)/t12-/m1/s1. The monoisotopic (exact) mass is 320 g/mol. The minimum Gasteiger partial charge on any atom is -0.444 e. The average Bonchev–Trinajstić information content (AvgIpc) is 2.91. The Labute approximate surface area is 136 Å². The first kappa shape index (κ1) is 17.3. The summed E-state index contributed by atoms with van der Waals surface area (Å²) in [6, 6.07) is 0.142. The number of Topliss-reactive ketones (excluding diaryl/α,β-unsaturated/α-hetero) is 1. The molecule has 1 aliphatic heterocycles. The molecule has 2 rings (SSSR count). The van der Waals surface area contributed by atoms with E-state index >= 15 is 0 Å². The van der Waals surface area contributed by atoms with E-state index in [1.807, 2.05) is 20.8 Å². The molecule has 2 heterocycles. The Kier molecular flexibility index (Phi) is 5.65. The summed E-state index contributed by atoms with van der Waals surface area (Å²) in [5, 5.41) is 2.78. The SMILES string of the molecule is CC(C)(C)OC(=O)NC[C@H]1CCCN1CC(=O)c1cnccn1. The molecule has 1 aromatic rings. The molecule has 1 fully saturated rings. The van der Waals surface area contributed by atoms with Gasteiger partial charge >= 0.3 is 6.09 Å². The summed E-state index contributed by atoms with van der Waals surface area (Å²) in [6.07, 6.45) is 6.06. The molecule has 126 valence electrons. The number of ether oxygens (including phenoxy) is 1. The van der Waals surface area contributed by atoms with Crippen molar-refractivity contribution in [1.82, 2.24) is 20.2 Å². The van der Waals surface area contributed by atoms with E-state index in [1.165, 1.54) is 12.4 Å². The summed E-state index contributed by atoms with van der Waals surface area (Å²) in [5.74, 6) is -0.0535. The van der Waals surface area contributed by atoms with Crippen LogP contribution in [0.25, 0.3) is 0 Å². The zero-order valence-corrected chi connectivity index (χ0v) is 13.9. The molecule has 7 heteroatoms.